The van der Waals surface area contributed by atoms with E-state index in [2.05, 4.69) is 30.3 Å². The summed E-state index contributed by atoms with van der Waals surface area (Å²) in [7, 11) is -3.88. The molecule has 25 heavy (non-hydrogen) atoms. The lowest BCUT2D eigenvalue weighted by atomic mass is 10.1. The molecule has 2 aromatic carbocycles. The molecule has 1 aliphatic heterocycles. The van der Waals surface area contributed by atoms with E-state index in [9.17, 15) is 13.2 Å². The first kappa shape index (κ1) is 19.9. The smallest absolute Gasteiger partial charge is 0.485 e. The third kappa shape index (κ3) is 5.02. The van der Waals surface area contributed by atoms with Crippen molar-refractivity contribution in [2.45, 2.75) is 23.2 Å². The molecule has 1 heterocycles. The van der Waals surface area contributed by atoms with Crippen molar-refractivity contribution in [3.05, 3.63) is 36.4 Å². The molecule has 0 bridgehead atoms. The summed E-state index contributed by atoms with van der Waals surface area (Å²) in [5.41, 5.74) is -5.65. The van der Waals surface area contributed by atoms with Gasteiger partial charge in [-0.05, 0) is 36.4 Å². The fourth-order valence-electron chi connectivity index (χ4n) is 2.48. The lowest BCUT2D eigenvalue weighted by molar-refractivity contribution is -0.0517. The molecular weight excluding hydrogens is 377 g/mol. The van der Waals surface area contributed by atoms with Crippen LogP contribution in [0.3, 0.4) is 0 Å². The second kappa shape index (κ2) is 7.84. The van der Waals surface area contributed by atoms with E-state index in [1.807, 2.05) is 6.07 Å². The van der Waals surface area contributed by atoms with E-state index in [4.69, 9.17) is 17.7 Å². The molecule has 3 rings (SSSR count). The molecule has 0 aromatic heterocycles. The van der Waals surface area contributed by atoms with Crippen molar-refractivity contribution >= 4 is 31.8 Å². The molecule has 0 saturated carbocycles. The summed E-state index contributed by atoms with van der Waals surface area (Å²) in [6.07, 6.45) is 2.78. The molecule has 0 N–H and O–H groups in total. The Hall–Kier alpha value is -1.45. The number of ether oxygens (including phenoxy) is 1. The maximum Gasteiger partial charge on any atom is 0.485 e. The highest BCUT2D eigenvalue weighted by Crippen LogP contribution is 2.31. The van der Waals surface area contributed by atoms with E-state index in [0.717, 1.165) is 5.75 Å². The summed E-state index contributed by atoms with van der Waals surface area (Å²) < 4.78 is 64.2. The fraction of sp³-hybridized carbons (Fsp3) is 0.375. The maximum absolute atomic E-state index is 10.7. The third-order valence-electron chi connectivity index (χ3n) is 3.68. The summed E-state index contributed by atoms with van der Waals surface area (Å²) in [4.78, 5) is 1.54. The van der Waals surface area contributed by atoms with Crippen LogP contribution in [0.5, 0.6) is 5.75 Å². The summed E-state index contributed by atoms with van der Waals surface area (Å²) in [6, 6.07) is 13.1. The van der Waals surface area contributed by atoms with Crippen molar-refractivity contribution in [1.82, 2.24) is 0 Å². The lowest BCUT2D eigenvalue weighted by Crippen LogP contribution is -2.21. The Bertz CT molecular complexity index is 829. The van der Waals surface area contributed by atoms with Crippen LogP contribution >= 0.6 is 0 Å². The van der Waals surface area contributed by atoms with Crippen molar-refractivity contribution in [3.63, 3.8) is 0 Å². The van der Waals surface area contributed by atoms with Gasteiger partial charge >= 0.3 is 5.51 Å². The zero-order valence-corrected chi connectivity index (χ0v) is 15.0. The minimum absolute atomic E-state index is 0.469. The van der Waals surface area contributed by atoms with E-state index in [0.29, 0.717) is 10.9 Å². The first-order chi connectivity index (χ1) is 11.6. The van der Waals surface area contributed by atoms with Gasteiger partial charge in [0.15, 0.2) is 15.0 Å². The second-order valence-electron chi connectivity index (χ2n) is 5.35. The monoisotopic (exact) mass is 394 g/mol. The standard InChI is InChI=1S/C15H17OS.CHF3O3S/c1-16-13-8-7-12-5-4-6-15(14(12)11-13)17-9-2-3-10-17;2-1(3,4)8(5,6)7/h4-8,11H,2-3,9-10H2,1H3;(H,5,6,7)/q+1;/p-1. The van der Waals surface area contributed by atoms with E-state index in [1.165, 1.54) is 35.1 Å². The molecule has 0 radical (unpaired) electrons. The van der Waals surface area contributed by atoms with E-state index >= 15 is 0 Å². The van der Waals surface area contributed by atoms with E-state index < -0.39 is 15.6 Å². The zero-order chi connectivity index (χ0) is 18.7. The van der Waals surface area contributed by atoms with Crippen molar-refractivity contribution in [2.75, 3.05) is 18.6 Å². The van der Waals surface area contributed by atoms with Crippen LogP contribution in [-0.4, -0.2) is 37.1 Å². The van der Waals surface area contributed by atoms with Crippen LogP contribution in [0.15, 0.2) is 41.3 Å². The van der Waals surface area contributed by atoms with Gasteiger partial charge in [-0.25, -0.2) is 8.42 Å². The minimum atomic E-state index is -6.09. The average Bonchev–Trinajstić information content (AvgIpc) is 3.06. The lowest BCUT2D eigenvalue weighted by Gasteiger charge is -2.08. The van der Waals surface area contributed by atoms with Crippen LogP contribution in [0.1, 0.15) is 12.8 Å². The number of fused-ring (bicyclic) bond motifs is 1. The molecule has 0 atom stereocenters. The van der Waals surface area contributed by atoms with Crippen LogP contribution in [0.4, 0.5) is 13.2 Å². The minimum Gasteiger partial charge on any atom is -0.741 e. The van der Waals surface area contributed by atoms with Gasteiger partial charge in [-0.2, -0.15) is 13.2 Å². The molecule has 0 unspecified atom stereocenters. The Labute approximate surface area is 147 Å². The van der Waals surface area contributed by atoms with Crippen molar-refractivity contribution in [2.24, 2.45) is 0 Å². The first-order valence-electron chi connectivity index (χ1n) is 7.40. The summed E-state index contributed by atoms with van der Waals surface area (Å²) in [5, 5.41) is 2.72. The van der Waals surface area contributed by atoms with Crippen LogP contribution in [0, 0.1) is 0 Å². The van der Waals surface area contributed by atoms with Gasteiger partial charge in [-0.3, -0.25) is 0 Å². The number of rotatable bonds is 2. The fourth-order valence-corrected chi connectivity index (χ4v) is 4.98. The molecule has 1 aliphatic rings. The molecule has 138 valence electrons. The third-order valence-corrected chi connectivity index (χ3v) is 6.78. The Morgan fingerprint density at radius 1 is 1.12 bits per heavy atom. The van der Waals surface area contributed by atoms with Crippen molar-refractivity contribution in [3.8, 4) is 5.75 Å². The van der Waals surface area contributed by atoms with Crippen molar-refractivity contribution < 1.29 is 30.9 Å². The topological polar surface area (TPSA) is 66.4 Å². The number of methoxy groups -OCH3 is 1. The maximum atomic E-state index is 10.7. The van der Waals surface area contributed by atoms with E-state index in [-0.39, 0.29) is 0 Å². The highest BCUT2D eigenvalue weighted by Gasteiger charge is 2.36. The van der Waals surface area contributed by atoms with Gasteiger partial charge < -0.3 is 9.29 Å². The Morgan fingerprint density at radius 3 is 2.24 bits per heavy atom. The summed E-state index contributed by atoms with van der Waals surface area (Å²) in [5.74, 6) is 3.71. The normalized spacial score (nSPS) is 15.7. The highest BCUT2D eigenvalue weighted by atomic mass is 32.2. The number of hydrogen-bond donors (Lipinski definition) is 0. The van der Waals surface area contributed by atoms with Crippen molar-refractivity contribution in [1.29, 1.82) is 0 Å². The van der Waals surface area contributed by atoms with Crippen LogP contribution in [0.25, 0.3) is 10.8 Å². The first-order valence-corrected chi connectivity index (χ1v) is 10.4. The largest absolute Gasteiger partial charge is 0.741 e. The SMILES string of the molecule is COc1ccc2cccc([S+]3CCCC3)c2c1.O=S(=O)([O-])C(F)(F)F. The van der Waals surface area contributed by atoms with Gasteiger partial charge in [0, 0.05) is 16.3 Å². The molecule has 1 fully saturated rings. The number of benzene rings is 2. The number of hydrogen-bond acceptors (Lipinski definition) is 4. The predicted octanol–water partition coefficient (Wildman–Crippen LogP) is 3.67. The molecule has 4 nitrogen and oxygen atoms in total. The zero-order valence-electron chi connectivity index (χ0n) is 13.4. The van der Waals surface area contributed by atoms with Gasteiger partial charge in [0.2, 0.25) is 0 Å². The summed E-state index contributed by atoms with van der Waals surface area (Å²) >= 11 is 0. The van der Waals surface area contributed by atoms with Gasteiger partial charge in [0.05, 0.1) is 7.11 Å². The molecular formula is C16H17F3O4S2. The molecule has 2 aromatic rings. The number of halogens is 3. The van der Waals surface area contributed by atoms with Crippen LogP contribution in [0.2, 0.25) is 0 Å². The highest BCUT2D eigenvalue weighted by molar-refractivity contribution is 7.97. The van der Waals surface area contributed by atoms with Gasteiger partial charge in [0.1, 0.15) is 17.3 Å². The molecule has 9 heteroatoms. The van der Waals surface area contributed by atoms with Crippen LogP contribution in [-0.2, 0) is 21.0 Å². The Balaban J connectivity index is 0.000000242. The predicted molar refractivity (Wildman–Crippen MR) is 90.9 cm³/mol. The Morgan fingerprint density at radius 2 is 1.72 bits per heavy atom. The average molecular weight is 394 g/mol. The molecule has 0 aliphatic carbocycles. The number of alkyl halides is 3. The molecule has 1 saturated heterocycles. The second-order valence-corrected chi connectivity index (χ2v) is 8.96. The van der Waals surface area contributed by atoms with Gasteiger partial charge in [-0.1, -0.05) is 18.2 Å². The summed E-state index contributed by atoms with van der Waals surface area (Å²) in [6.45, 7) is 0. The quantitative estimate of drug-likeness (QED) is 0.443. The molecule has 0 amide bonds. The van der Waals surface area contributed by atoms with Crippen LogP contribution < -0.4 is 4.74 Å². The Kier molecular flexibility index (Phi) is 6.23. The molecule has 0 spiro atoms. The van der Waals surface area contributed by atoms with E-state index in [1.54, 1.807) is 12.0 Å². The van der Waals surface area contributed by atoms with Gasteiger partial charge in [-0.15, -0.1) is 0 Å². The van der Waals surface area contributed by atoms with Gasteiger partial charge in [0.25, 0.3) is 0 Å².